The highest BCUT2D eigenvalue weighted by Crippen LogP contribution is 2.23. The molecule has 0 radical (unpaired) electrons. The van der Waals surface area contributed by atoms with Crippen molar-refractivity contribution in [3.8, 4) is 0 Å². The Balaban J connectivity index is 2.77. The maximum absolute atomic E-state index is 11.8. The largest absolute Gasteiger partial charge is 0.394 e. The SMILES string of the molecule is CCCNC(=O)C(C)Nc1c(N)c(C)nn1CCC. The number of anilines is 2. The van der Waals surface area contributed by atoms with Gasteiger partial charge in [-0.2, -0.15) is 5.10 Å². The van der Waals surface area contributed by atoms with Crippen molar-refractivity contribution in [3.63, 3.8) is 0 Å². The van der Waals surface area contributed by atoms with Gasteiger partial charge in [-0.05, 0) is 26.7 Å². The zero-order valence-electron chi connectivity index (χ0n) is 12.3. The number of aromatic nitrogens is 2. The summed E-state index contributed by atoms with van der Waals surface area (Å²) in [5.41, 5.74) is 7.41. The van der Waals surface area contributed by atoms with Gasteiger partial charge >= 0.3 is 0 Å². The van der Waals surface area contributed by atoms with E-state index in [0.29, 0.717) is 12.2 Å². The van der Waals surface area contributed by atoms with Gasteiger partial charge in [0.25, 0.3) is 0 Å². The number of aryl methyl sites for hydroxylation is 2. The molecule has 4 N–H and O–H groups in total. The van der Waals surface area contributed by atoms with Crippen molar-refractivity contribution in [2.24, 2.45) is 0 Å². The number of carbonyl (C=O) groups excluding carboxylic acids is 1. The van der Waals surface area contributed by atoms with Crippen molar-refractivity contribution < 1.29 is 4.79 Å². The topological polar surface area (TPSA) is 85.0 Å². The predicted octanol–water partition coefficient (Wildman–Crippen LogP) is 1.51. The molecule has 108 valence electrons. The Bertz CT molecular complexity index is 427. The fourth-order valence-corrected chi connectivity index (χ4v) is 1.79. The summed E-state index contributed by atoms with van der Waals surface area (Å²) in [7, 11) is 0. The molecule has 0 saturated carbocycles. The lowest BCUT2D eigenvalue weighted by Gasteiger charge is -2.16. The highest BCUT2D eigenvalue weighted by Gasteiger charge is 2.18. The van der Waals surface area contributed by atoms with E-state index in [1.807, 2.05) is 25.5 Å². The number of amides is 1. The van der Waals surface area contributed by atoms with Gasteiger partial charge in [-0.3, -0.25) is 4.79 Å². The molecule has 0 aliphatic heterocycles. The summed E-state index contributed by atoms with van der Waals surface area (Å²) in [5, 5.41) is 10.4. The van der Waals surface area contributed by atoms with Crippen LogP contribution in [0.25, 0.3) is 0 Å². The predicted molar refractivity (Wildman–Crippen MR) is 78.1 cm³/mol. The molecule has 0 aliphatic carbocycles. The molecule has 6 heteroatoms. The Morgan fingerprint density at radius 2 is 2.11 bits per heavy atom. The minimum Gasteiger partial charge on any atom is -0.394 e. The van der Waals surface area contributed by atoms with Gasteiger partial charge in [0.1, 0.15) is 11.9 Å². The first-order valence-corrected chi connectivity index (χ1v) is 6.88. The molecule has 1 unspecified atom stereocenters. The van der Waals surface area contributed by atoms with Crippen LogP contribution >= 0.6 is 0 Å². The Morgan fingerprint density at radius 1 is 1.42 bits per heavy atom. The van der Waals surface area contributed by atoms with E-state index >= 15 is 0 Å². The third-order valence-corrected chi connectivity index (χ3v) is 2.90. The van der Waals surface area contributed by atoms with E-state index in [2.05, 4.69) is 22.7 Å². The minimum absolute atomic E-state index is 0.0249. The van der Waals surface area contributed by atoms with Crippen LogP contribution in [0.2, 0.25) is 0 Å². The molecule has 1 rings (SSSR count). The summed E-state index contributed by atoms with van der Waals surface area (Å²) < 4.78 is 1.83. The third-order valence-electron chi connectivity index (χ3n) is 2.90. The molecular formula is C13H25N5O. The van der Waals surface area contributed by atoms with E-state index in [9.17, 15) is 4.79 Å². The molecule has 1 atom stereocenters. The van der Waals surface area contributed by atoms with E-state index in [1.165, 1.54) is 0 Å². The first kappa shape index (κ1) is 15.3. The molecular weight excluding hydrogens is 242 g/mol. The molecule has 0 bridgehead atoms. The van der Waals surface area contributed by atoms with E-state index in [-0.39, 0.29) is 11.9 Å². The molecule has 1 aromatic rings. The standard InChI is InChI=1S/C13H25N5O/c1-5-7-15-13(19)10(4)16-12-11(14)9(3)17-18(12)8-6-2/h10,16H,5-8,14H2,1-4H3,(H,15,19). The summed E-state index contributed by atoms with van der Waals surface area (Å²) in [6.07, 6.45) is 1.89. The second-order valence-electron chi connectivity index (χ2n) is 4.73. The number of nitrogens with one attached hydrogen (secondary N) is 2. The first-order chi connectivity index (χ1) is 9.01. The molecule has 0 spiro atoms. The number of rotatable bonds is 7. The Kier molecular flexibility index (Phi) is 5.66. The van der Waals surface area contributed by atoms with Crippen LogP contribution < -0.4 is 16.4 Å². The van der Waals surface area contributed by atoms with Gasteiger partial charge in [-0.25, -0.2) is 4.68 Å². The average molecular weight is 267 g/mol. The van der Waals surface area contributed by atoms with Crippen molar-refractivity contribution in [2.75, 3.05) is 17.6 Å². The van der Waals surface area contributed by atoms with Crippen LogP contribution in [0.5, 0.6) is 0 Å². The minimum atomic E-state index is -0.333. The lowest BCUT2D eigenvalue weighted by molar-refractivity contribution is -0.121. The van der Waals surface area contributed by atoms with Gasteiger partial charge in [-0.1, -0.05) is 13.8 Å². The molecule has 1 aromatic heterocycles. The summed E-state index contributed by atoms with van der Waals surface area (Å²) in [6, 6.07) is -0.333. The molecule has 1 heterocycles. The van der Waals surface area contributed by atoms with E-state index in [1.54, 1.807) is 0 Å². The van der Waals surface area contributed by atoms with Crippen LogP contribution in [-0.4, -0.2) is 28.3 Å². The van der Waals surface area contributed by atoms with Gasteiger partial charge in [0, 0.05) is 13.1 Å². The fourth-order valence-electron chi connectivity index (χ4n) is 1.79. The third kappa shape index (κ3) is 3.87. The van der Waals surface area contributed by atoms with Crippen molar-refractivity contribution in [2.45, 2.75) is 53.1 Å². The van der Waals surface area contributed by atoms with Gasteiger partial charge in [0.2, 0.25) is 5.91 Å². The van der Waals surface area contributed by atoms with Crippen molar-refractivity contribution in [1.82, 2.24) is 15.1 Å². The summed E-state index contributed by atoms with van der Waals surface area (Å²) in [6.45, 7) is 9.26. The Hall–Kier alpha value is -1.72. The number of hydrogen-bond acceptors (Lipinski definition) is 4. The molecule has 0 aliphatic rings. The quantitative estimate of drug-likeness (QED) is 0.699. The van der Waals surface area contributed by atoms with E-state index in [4.69, 9.17) is 5.73 Å². The Labute approximate surface area is 114 Å². The molecule has 0 saturated heterocycles. The van der Waals surface area contributed by atoms with E-state index < -0.39 is 0 Å². The van der Waals surface area contributed by atoms with Gasteiger partial charge in [0.15, 0.2) is 0 Å². The Morgan fingerprint density at radius 3 is 2.68 bits per heavy atom. The van der Waals surface area contributed by atoms with Crippen molar-refractivity contribution in [1.29, 1.82) is 0 Å². The smallest absolute Gasteiger partial charge is 0.242 e. The van der Waals surface area contributed by atoms with Crippen LogP contribution in [-0.2, 0) is 11.3 Å². The number of nitrogen functional groups attached to an aromatic ring is 1. The van der Waals surface area contributed by atoms with Crippen LogP contribution in [0.4, 0.5) is 11.5 Å². The van der Waals surface area contributed by atoms with Crippen LogP contribution in [0.1, 0.15) is 39.3 Å². The van der Waals surface area contributed by atoms with Crippen LogP contribution in [0, 0.1) is 6.92 Å². The lowest BCUT2D eigenvalue weighted by Crippen LogP contribution is -2.38. The first-order valence-electron chi connectivity index (χ1n) is 6.88. The maximum atomic E-state index is 11.8. The molecule has 0 fully saturated rings. The number of nitrogens with two attached hydrogens (primary N) is 1. The maximum Gasteiger partial charge on any atom is 0.242 e. The van der Waals surface area contributed by atoms with Crippen LogP contribution in [0.15, 0.2) is 0 Å². The number of hydrogen-bond donors (Lipinski definition) is 3. The summed E-state index contributed by atoms with van der Waals surface area (Å²) >= 11 is 0. The highest BCUT2D eigenvalue weighted by atomic mass is 16.2. The molecule has 19 heavy (non-hydrogen) atoms. The zero-order chi connectivity index (χ0) is 14.4. The van der Waals surface area contributed by atoms with Crippen molar-refractivity contribution >= 4 is 17.4 Å². The normalized spacial score (nSPS) is 12.2. The molecule has 6 nitrogen and oxygen atoms in total. The van der Waals surface area contributed by atoms with Crippen molar-refractivity contribution in [3.05, 3.63) is 5.69 Å². The monoisotopic (exact) mass is 267 g/mol. The average Bonchev–Trinajstić information content (AvgIpc) is 2.64. The fraction of sp³-hybridized carbons (Fsp3) is 0.692. The summed E-state index contributed by atoms with van der Waals surface area (Å²) in [5.74, 6) is 0.710. The summed E-state index contributed by atoms with van der Waals surface area (Å²) in [4.78, 5) is 11.8. The highest BCUT2D eigenvalue weighted by molar-refractivity contribution is 5.85. The van der Waals surface area contributed by atoms with Gasteiger partial charge < -0.3 is 16.4 Å². The second kappa shape index (κ2) is 7.01. The lowest BCUT2D eigenvalue weighted by atomic mass is 10.3. The zero-order valence-corrected chi connectivity index (χ0v) is 12.3. The van der Waals surface area contributed by atoms with E-state index in [0.717, 1.165) is 30.9 Å². The van der Waals surface area contributed by atoms with Gasteiger partial charge in [0.05, 0.1) is 11.4 Å². The number of nitrogens with zero attached hydrogens (tertiary/aromatic N) is 2. The molecule has 1 amide bonds. The number of carbonyl (C=O) groups is 1. The van der Waals surface area contributed by atoms with Gasteiger partial charge in [-0.15, -0.1) is 0 Å². The second-order valence-corrected chi connectivity index (χ2v) is 4.73. The molecule has 0 aromatic carbocycles. The van der Waals surface area contributed by atoms with Crippen LogP contribution in [0.3, 0.4) is 0 Å².